The summed E-state index contributed by atoms with van der Waals surface area (Å²) in [6, 6.07) is 18.6. The number of benzene rings is 2. The molecule has 0 amide bonds. The van der Waals surface area contributed by atoms with E-state index in [2.05, 4.69) is 0 Å². The molecule has 1 aromatic heterocycles. The lowest BCUT2D eigenvalue weighted by Crippen LogP contribution is -2.10. The maximum absolute atomic E-state index is 12.3. The Hall–Kier alpha value is -2.86. The van der Waals surface area contributed by atoms with Crippen molar-refractivity contribution in [2.45, 2.75) is 6.42 Å². The zero-order valence-electron chi connectivity index (χ0n) is 10.7. The maximum atomic E-state index is 12.3. The fourth-order valence-corrected chi connectivity index (χ4v) is 2.21. The van der Waals surface area contributed by atoms with Gasteiger partial charge in [-0.15, -0.1) is 0 Å². The monoisotopic (exact) mass is 261 g/mol. The highest BCUT2D eigenvalue weighted by atomic mass is 16.3. The number of fused-ring (bicyclic) bond motifs is 1. The summed E-state index contributed by atoms with van der Waals surface area (Å²) in [4.78, 5) is 12.3. The van der Waals surface area contributed by atoms with Crippen LogP contribution in [0.4, 0.5) is 0 Å². The Kier molecular flexibility index (Phi) is 3.06. The first-order valence-corrected chi connectivity index (χ1v) is 6.28. The molecular formula is C17H11NO2. The number of hydrogen-bond acceptors (Lipinski definition) is 3. The van der Waals surface area contributed by atoms with Crippen molar-refractivity contribution >= 4 is 11.0 Å². The van der Waals surface area contributed by atoms with Crippen LogP contribution in [0.5, 0.6) is 0 Å². The van der Waals surface area contributed by atoms with E-state index in [0.717, 1.165) is 5.56 Å². The van der Waals surface area contributed by atoms with E-state index in [0.29, 0.717) is 23.2 Å². The zero-order chi connectivity index (χ0) is 13.9. The van der Waals surface area contributed by atoms with E-state index < -0.39 is 0 Å². The largest absolute Gasteiger partial charge is 0.459 e. The van der Waals surface area contributed by atoms with Gasteiger partial charge in [-0.2, -0.15) is 5.26 Å². The number of rotatable bonds is 2. The van der Waals surface area contributed by atoms with Crippen molar-refractivity contribution in [1.29, 1.82) is 5.26 Å². The molecule has 20 heavy (non-hydrogen) atoms. The third kappa shape index (κ3) is 2.08. The van der Waals surface area contributed by atoms with Crippen LogP contribution in [0.15, 0.2) is 63.8 Å². The molecule has 0 aliphatic carbocycles. The van der Waals surface area contributed by atoms with Gasteiger partial charge in [-0.1, -0.05) is 42.5 Å². The lowest BCUT2D eigenvalue weighted by molar-refractivity contribution is 0.546. The van der Waals surface area contributed by atoms with Crippen LogP contribution in [0.3, 0.4) is 0 Å². The van der Waals surface area contributed by atoms with E-state index in [1.54, 1.807) is 18.2 Å². The van der Waals surface area contributed by atoms with E-state index in [-0.39, 0.29) is 11.0 Å². The van der Waals surface area contributed by atoms with E-state index in [9.17, 15) is 10.1 Å². The highest BCUT2D eigenvalue weighted by molar-refractivity contribution is 5.77. The summed E-state index contributed by atoms with van der Waals surface area (Å²) >= 11 is 0. The van der Waals surface area contributed by atoms with Gasteiger partial charge in [0.1, 0.15) is 23.0 Å². The van der Waals surface area contributed by atoms with Crippen LogP contribution in [-0.4, -0.2) is 0 Å². The van der Waals surface area contributed by atoms with Crippen LogP contribution in [0.25, 0.3) is 11.0 Å². The topological polar surface area (TPSA) is 54.0 Å². The lowest BCUT2D eigenvalue weighted by atomic mass is 10.1. The van der Waals surface area contributed by atoms with Gasteiger partial charge in [0.05, 0.1) is 5.39 Å². The molecule has 0 saturated carbocycles. The first-order valence-electron chi connectivity index (χ1n) is 6.28. The van der Waals surface area contributed by atoms with Crippen molar-refractivity contribution in [2.75, 3.05) is 0 Å². The van der Waals surface area contributed by atoms with E-state index in [4.69, 9.17) is 4.42 Å². The van der Waals surface area contributed by atoms with Gasteiger partial charge in [0.25, 0.3) is 0 Å². The van der Waals surface area contributed by atoms with Crippen LogP contribution in [0, 0.1) is 11.3 Å². The summed E-state index contributed by atoms with van der Waals surface area (Å²) in [7, 11) is 0. The SMILES string of the molecule is N#Cc1c(Cc2ccccc2)oc2ccccc2c1=O. The standard InChI is InChI=1S/C17H11NO2/c18-11-14-16(10-12-6-2-1-3-7-12)20-15-9-5-4-8-13(15)17(14)19/h1-9H,10H2. The van der Waals surface area contributed by atoms with Gasteiger partial charge in [0, 0.05) is 6.42 Å². The predicted molar refractivity (Wildman–Crippen MR) is 76.4 cm³/mol. The molecule has 3 rings (SSSR count). The molecule has 3 heteroatoms. The van der Waals surface area contributed by atoms with Gasteiger partial charge in [0.2, 0.25) is 5.43 Å². The van der Waals surface area contributed by atoms with Crippen molar-refractivity contribution in [3.63, 3.8) is 0 Å². The molecule has 0 aliphatic heterocycles. The molecule has 96 valence electrons. The quantitative estimate of drug-likeness (QED) is 0.711. The molecule has 0 spiro atoms. The van der Waals surface area contributed by atoms with Crippen molar-refractivity contribution in [2.24, 2.45) is 0 Å². The predicted octanol–water partition coefficient (Wildman–Crippen LogP) is 3.26. The minimum absolute atomic E-state index is 0.0903. The van der Waals surface area contributed by atoms with Crippen LogP contribution >= 0.6 is 0 Å². The Labute approximate surface area is 115 Å². The minimum atomic E-state index is -0.264. The summed E-state index contributed by atoms with van der Waals surface area (Å²) in [6.07, 6.45) is 0.434. The summed E-state index contributed by atoms with van der Waals surface area (Å²) in [5.41, 5.74) is 1.35. The van der Waals surface area contributed by atoms with Gasteiger partial charge in [0.15, 0.2) is 0 Å². The van der Waals surface area contributed by atoms with Crippen LogP contribution in [0.1, 0.15) is 16.9 Å². The molecule has 0 atom stereocenters. The average molecular weight is 261 g/mol. The third-order valence-corrected chi connectivity index (χ3v) is 3.19. The van der Waals surface area contributed by atoms with Crippen molar-refractivity contribution in [3.05, 3.63) is 81.7 Å². The van der Waals surface area contributed by atoms with Crippen LogP contribution in [0.2, 0.25) is 0 Å². The molecule has 0 saturated heterocycles. The molecule has 0 fully saturated rings. The van der Waals surface area contributed by atoms with Gasteiger partial charge in [-0.05, 0) is 17.7 Å². The lowest BCUT2D eigenvalue weighted by Gasteiger charge is -2.05. The molecule has 3 nitrogen and oxygen atoms in total. The smallest absolute Gasteiger partial charge is 0.210 e. The summed E-state index contributed by atoms with van der Waals surface area (Å²) in [5.74, 6) is 0.419. The molecule has 0 bridgehead atoms. The van der Waals surface area contributed by atoms with Crippen LogP contribution < -0.4 is 5.43 Å². The maximum Gasteiger partial charge on any atom is 0.210 e. The molecular weight excluding hydrogens is 250 g/mol. The number of hydrogen-bond donors (Lipinski definition) is 0. The molecule has 3 aromatic rings. The molecule has 1 heterocycles. The number of para-hydroxylation sites is 1. The molecule has 0 N–H and O–H groups in total. The summed E-state index contributed by atoms with van der Waals surface area (Å²) < 4.78 is 5.75. The van der Waals surface area contributed by atoms with Crippen molar-refractivity contribution in [3.8, 4) is 6.07 Å². The Morgan fingerprint density at radius 3 is 2.45 bits per heavy atom. The van der Waals surface area contributed by atoms with E-state index in [1.807, 2.05) is 42.5 Å². The number of nitrogens with zero attached hydrogens (tertiary/aromatic N) is 1. The second kappa shape index (κ2) is 5.02. The first-order chi connectivity index (χ1) is 9.79. The molecule has 0 radical (unpaired) electrons. The summed E-state index contributed by atoms with van der Waals surface area (Å²) in [5, 5.41) is 9.67. The Morgan fingerprint density at radius 2 is 1.70 bits per heavy atom. The van der Waals surface area contributed by atoms with E-state index >= 15 is 0 Å². The van der Waals surface area contributed by atoms with Gasteiger partial charge >= 0.3 is 0 Å². The highest BCUT2D eigenvalue weighted by Crippen LogP contribution is 2.18. The van der Waals surface area contributed by atoms with E-state index in [1.165, 1.54) is 0 Å². The summed E-state index contributed by atoms with van der Waals surface area (Å²) in [6.45, 7) is 0. The Bertz CT molecular complexity index is 858. The minimum Gasteiger partial charge on any atom is -0.459 e. The second-order valence-electron chi connectivity index (χ2n) is 4.50. The van der Waals surface area contributed by atoms with Crippen molar-refractivity contribution in [1.82, 2.24) is 0 Å². The Balaban J connectivity index is 2.20. The fraction of sp³-hybridized carbons (Fsp3) is 0.0588. The molecule has 0 aliphatic rings. The first kappa shape index (κ1) is 12.2. The third-order valence-electron chi connectivity index (χ3n) is 3.19. The zero-order valence-corrected chi connectivity index (χ0v) is 10.7. The van der Waals surface area contributed by atoms with Gasteiger partial charge in [-0.25, -0.2) is 0 Å². The fourth-order valence-electron chi connectivity index (χ4n) is 2.21. The normalized spacial score (nSPS) is 10.3. The average Bonchev–Trinajstić information content (AvgIpc) is 2.49. The molecule has 0 unspecified atom stereocenters. The van der Waals surface area contributed by atoms with Crippen LogP contribution in [-0.2, 0) is 6.42 Å². The second-order valence-corrected chi connectivity index (χ2v) is 4.50. The number of nitriles is 1. The molecule has 2 aromatic carbocycles. The Morgan fingerprint density at radius 1 is 1.00 bits per heavy atom. The van der Waals surface area contributed by atoms with Gasteiger partial charge in [-0.3, -0.25) is 4.79 Å². The highest BCUT2D eigenvalue weighted by Gasteiger charge is 2.14. The van der Waals surface area contributed by atoms with Gasteiger partial charge < -0.3 is 4.42 Å². The van der Waals surface area contributed by atoms with Crippen molar-refractivity contribution < 1.29 is 4.42 Å².